The van der Waals surface area contributed by atoms with E-state index in [4.69, 9.17) is 4.74 Å². The van der Waals surface area contributed by atoms with E-state index in [1.165, 1.54) is 11.8 Å². The largest absolute Gasteiger partial charge is 0.461 e. The van der Waals surface area contributed by atoms with Crippen molar-refractivity contribution in [3.63, 3.8) is 0 Å². The van der Waals surface area contributed by atoms with Gasteiger partial charge in [0.2, 0.25) is 0 Å². The molecule has 0 amide bonds. The van der Waals surface area contributed by atoms with E-state index in [0.717, 1.165) is 15.4 Å². The van der Waals surface area contributed by atoms with Crippen molar-refractivity contribution >= 4 is 23.5 Å². The van der Waals surface area contributed by atoms with Crippen LogP contribution in [0.15, 0.2) is 52.3 Å². The van der Waals surface area contributed by atoms with Gasteiger partial charge in [-0.25, -0.2) is 4.79 Å². The summed E-state index contributed by atoms with van der Waals surface area (Å²) in [6.45, 7) is 1.02. The summed E-state index contributed by atoms with van der Waals surface area (Å²) in [5.74, 6) is -0.278. The maximum absolute atomic E-state index is 12.5. The highest BCUT2D eigenvalue weighted by Gasteiger charge is 2.21. The van der Waals surface area contributed by atoms with Crippen LogP contribution in [0.5, 0.6) is 0 Å². The van der Waals surface area contributed by atoms with Gasteiger partial charge >= 0.3 is 5.97 Å². The van der Waals surface area contributed by atoms with E-state index in [1.54, 1.807) is 18.2 Å². The van der Waals surface area contributed by atoms with Gasteiger partial charge in [0, 0.05) is 28.3 Å². The Morgan fingerprint density at radius 1 is 1.17 bits per heavy atom. The molecule has 0 bridgehead atoms. The van der Waals surface area contributed by atoms with E-state index in [-0.39, 0.29) is 11.8 Å². The molecule has 0 fully saturated rings. The predicted molar refractivity (Wildman–Crippen MR) is 93.9 cm³/mol. The van der Waals surface area contributed by atoms with Gasteiger partial charge in [0.25, 0.3) is 0 Å². The number of nitrogens with zero attached hydrogens (tertiary/aromatic N) is 1. The average molecular weight is 341 g/mol. The van der Waals surface area contributed by atoms with Crippen molar-refractivity contribution in [2.75, 3.05) is 27.2 Å². The summed E-state index contributed by atoms with van der Waals surface area (Å²) in [7, 11) is 3.85. The minimum atomic E-state index is -0.356. The molecular weight excluding hydrogens is 322 g/mol. The molecule has 0 aromatic heterocycles. The standard InChI is InChI=1S/C19H19NO3S/c1-20(2)9-10-23-19(22)14-7-8-15-16(21)11-13-5-3-4-6-17(13)24-18(15)12-14/h3-8,12H,9-11H2,1-2H3. The molecule has 0 unspecified atom stereocenters. The second-order valence-electron chi connectivity index (χ2n) is 5.96. The molecule has 0 saturated heterocycles. The van der Waals surface area contributed by atoms with Crippen LogP contribution in [-0.4, -0.2) is 43.9 Å². The Morgan fingerprint density at radius 2 is 1.96 bits per heavy atom. The van der Waals surface area contributed by atoms with E-state index >= 15 is 0 Å². The number of esters is 1. The molecule has 0 aliphatic carbocycles. The van der Waals surface area contributed by atoms with Crippen LogP contribution in [-0.2, 0) is 11.2 Å². The van der Waals surface area contributed by atoms with Crippen molar-refractivity contribution in [1.82, 2.24) is 4.90 Å². The van der Waals surface area contributed by atoms with Crippen molar-refractivity contribution in [3.8, 4) is 0 Å². The molecule has 0 atom stereocenters. The minimum Gasteiger partial charge on any atom is -0.461 e. The molecule has 2 aromatic carbocycles. The number of rotatable bonds is 4. The fraction of sp³-hybridized carbons (Fsp3) is 0.263. The van der Waals surface area contributed by atoms with Gasteiger partial charge in [0.15, 0.2) is 5.78 Å². The third kappa shape index (κ3) is 3.68. The Balaban J connectivity index is 1.84. The number of hydrogen-bond acceptors (Lipinski definition) is 5. The molecule has 0 saturated carbocycles. The Bertz CT molecular complexity index is 786. The fourth-order valence-electron chi connectivity index (χ4n) is 2.50. The minimum absolute atomic E-state index is 0.0787. The first-order chi connectivity index (χ1) is 11.5. The number of ether oxygens (including phenoxy) is 1. The summed E-state index contributed by atoms with van der Waals surface area (Å²) in [5, 5.41) is 0. The molecule has 1 aliphatic rings. The lowest BCUT2D eigenvalue weighted by atomic mass is 10.0. The Hall–Kier alpha value is -2.11. The van der Waals surface area contributed by atoms with Crippen molar-refractivity contribution in [1.29, 1.82) is 0 Å². The second-order valence-corrected chi connectivity index (χ2v) is 7.04. The molecule has 0 N–H and O–H groups in total. The van der Waals surface area contributed by atoms with Gasteiger partial charge in [-0.05, 0) is 43.9 Å². The summed E-state index contributed by atoms with van der Waals surface area (Å²) in [6, 6.07) is 13.0. The summed E-state index contributed by atoms with van der Waals surface area (Å²) < 4.78 is 5.28. The molecule has 2 aromatic rings. The molecule has 0 radical (unpaired) electrons. The SMILES string of the molecule is CN(C)CCOC(=O)c1ccc2c(c1)Sc1ccccc1CC2=O. The quantitative estimate of drug-likeness (QED) is 0.799. The molecule has 1 heterocycles. The van der Waals surface area contributed by atoms with Crippen LogP contribution in [0.4, 0.5) is 0 Å². The number of benzene rings is 2. The predicted octanol–water partition coefficient (Wildman–Crippen LogP) is 3.30. The van der Waals surface area contributed by atoms with E-state index in [2.05, 4.69) is 0 Å². The zero-order chi connectivity index (χ0) is 17.1. The van der Waals surface area contributed by atoms with Crippen molar-refractivity contribution in [3.05, 3.63) is 59.2 Å². The maximum atomic E-state index is 12.5. The van der Waals surface area contributed by atoms with Gasteiger partial charge in [-0.1, -0.05) is 30.0 Å². The number of hydrogen-bond donors (Lipinski definition) is 0. The number of likely N-dealkylation sites (N-methyl/N-ethyl adjacent to an activating group) is 1. The number of fused-ring (bicyclic) bond motifs is 2. The van der Waals surface area contributed by atoms with Crippen LogP contribution < -0.4 is 0 Å². The highest BCUT2D eigenvalue weighted by molar-refractivity contribution is 7.99. The molecule has 5 heteroatoms. The normalized spacial score (nSPS) is 13.2. The first kappa shape index (κ1) is 16.7. The van der Waals surface area contributed by atoms with Gasteiger partial charge < -0.3 is 9.64 Å². The van der Waals surface area contributed by atoms with Crippen molar-refractivity contribution in [2.24, 2.45) is 0 Å². The van der Waals surface area contributed by atoms with Crippen LogP contribution in [0.25, 0.3) is 0 Å². The highest BCUT2D eigenvalue weighted by Crippen LogP contribution is 2.37. The third-order valence-corrected chi connectivity index (χ3v) is 5.01. The van der Waals surface area contributed by atoms with E-state index < -0.39 is 0 Å². The molecule has 3 rings (SSSR count). The Morgan fingerprint density at radius 3 is 2.75 bits per heavy atom. The third-order valence-electron chi connectivity index (χ3n) is 3.83. The zero-order valence-electron chi connectivity index (χ0n) is 13.7. The van der Waals surface area contributed by atoms with E-state index in [0.29, 0.717) is 30.7 Å². The summed E-state index contributed by atoms with van der Waals surface area (Å²) in [5.41, 5.74) is 2.17. The number of ketones is 1. The Kier molecular flexibility index (Phi) is 5.02. The van der Waals surface area contributed by atoms with Gasteiger partial charge in [0.05, 0.1) is 5.56 Å². The maximum Gasteiger partial charge on any atom is 0.338 e. The van der Waals surface area contributed by atoms with E-state index in [9.17, 15) is 9.59 Å². The summed E-state index contributed by atoms with van der Waals surface area (Å²) in [4.78, 5) is 28.5. The van der Waals surface area contributed by atoms with Gasteiger partial charge in [-0.15, -0.1) is 0 Å². The lowest BCUT2D eigenvalue weighted by Gasteiger charge is -2.11. The number of carbonyl (C=O) groups is 2. The molecule has 0 spiro atoms. The highest BCUT2D eigenvalue weighted by atomic mass is 32.2. The second kappa shape index (κ2) is 7.20. The lowest BCUT2D eigenvalue weighted by Crippen LogP contribution is -2.20. The zero-order valence-corrected chi connectivity index (χ0v) is 14.6. The molecular formula is C19H19NO3S. The Labute approximate surface area is 145 Å². The van der Waals surface area contributed by atoms with Crippen LogP contribution in [0.3, 0.4) is 0 Å². The number of Topliss-reactive ketones (excluding diaryl/α,β-unsaturated/α-hetero) is 1. The van der Waals surface area contributed by atoms with Gasteiger partial charge in [0.1, 0.15) is 6.61 Å². The summed E-state index contributed by atoms with van der Waals surface area (Å²) in [6.07, 6.45) is 0.392. The van der Waals surface area contributed by atoms with Crippen LogP contribution in [0, 0.1) is 0 Å². The van der Waals surface area contributed by atoms with Crippen LogP contribution in [0.1, 0.15) is 26.3 Å². The van der Waals surface area contributed by atoms with Crippen LogP contribution >= 0.6 is 11.8 Å². The molecule has 124 valence electrons. The summed E-state index contributed by atoms with van der Waals surface area (Å²) >= 11 is 1.53. The van der Waals surface area contributed by atoms with Crippen LogP contribution in [0.2, 0.25) is 0 Å². The lowest BCUT2D eigenvalue weighted by molar-refractivity contribution is 0.0481. The monoisotopic (exact) mass is 341 g/mol. The topological polar surface area (TPSA) is 46.6 Å². The number of carbonyl (C=O) groups excluding carboxylic acids is 2. The first-order valence-electron chi connectivity index (χ1n) is 7.79. The first-order valence-corrected chi connectivity index (χ1v) is 8.61. The molecule has 1 aliphatic heterocycles. The smallest absolute Gasteiger partial charge is 0.338 e. The molecule has 4 nitrogen and oxygen atoms in total. The average Bonchev–Trinajstić information content (AvgIpc) is 2.69. The van der Waals surface area contributed by atoms with E-state index in [1.807, 2.05) is 43.3 Å². The molecule has 24 heavy (non-hydrogen) atoms. The fourth-order valence-corrected chi connectivity index (χ4v) is 3.64. The van der Waals surface area contributed by atoms with Crippen molar-refractivity contribution < 1.29 is 14.3 Å². The van der Waals surface area contributed by atoms with Crippen molar-refractivity contribution in [2.45, 2.75) is 16.2 Å². The van der Waals surface area contributed by atoms with Gasteiger partial charge in [-0.3, -0.25) is 4.79 Å². The van der Waals surface area contributed by atoms with Gasteiger partial charge in [-0.2, -0.15) is 0 Å².